The van der Waals surface area contributed by atoms with E-state index in [9.17, 15) is 0 Å². The van der Waals surface area contributed by atoms with Crippen LogP contribution in [0.25, 0.3) is 11.2 Å². The van der Waals surface area contributed by atoms with Gasteiger partial charge >= 0.3 is 0 Å². The Morgan fingerprint density at radius 1 is 1.33 bits per heavy atom. The van der Waals surface area contributed by atoms with Crippen molar-refractivity contribution in [3.63, 3.8) is 0 Å². The van der Waals surface area contributed by atoms with E-state index < -0.39 is 0 Å². The molecule has 4 nitrogen and oxygen atoms in total. The first-order valence-corrected chi connectivity index (χ1v) is 8.14. The second kappa shape index (κ2) is 6.03. The Bertz CT molecular complexity index is 739. The van der Waals surface area contributed by atoms with E-state index >= 15 is 0 Å². The van der Waals surface area contributed by atoms with Gasteiger partial charge in [-0.05, 0) is 24.4 Å². The molecule has 3 aromatic heterocycles. The maximum atomic E-state index is 6.06. The molecule has 0 fully saturated rings. The number of pyridine rings is 1. The van der Waals surface area contributed by atoms with Crippen LogP contribution < -0.4 is 4.74 Å². The van der Waals surface area contributed by atoms with Crippen LogP contribution in [0, 0.1) is 0 Å². The van der Waals surface area contributed by atoms with Gasteiger partial charge in [0.05, 0.1) is 13.0 Å². The molecular formula is C15H16ClN3OS. The second-order valence-corrected chi connectivity index (χ2v) is 6.16. The first-order chi connectivity index (χ1) is 10.2. The number of hydrogen-bond donors (Lipinski definition) is 0. The molecule has 0 N–H and O–H groups in total. The fourth-order valence-corrected chi connectivity index (χ4v) is 3.50. The first-order valence-electron chi connectivity index (χ1n) is 6.73. The highest BCUT2D eigenvalue weighted by molar-refractivity contribution is 7.09. The van der Waals surface area contributed by atoms with Crippen molar-refractivity contribution in [2.24, 2.45) is 0 Å². The fourth-order valence-electron chi connectivity index (χ4n) is 2.49. The van der Waals surface area contributed by atoms with Gasteiger partial charge in [-0.25, -0.2) is 4.98 Å². The zero-order valence-electron chi connectivity index (χ0n) is 11.9. The molecule has 0 aromatic carbocycles. The van der Waals surface area contributed by atoms with Crippen molar-refractivity contribution < 1.29 is 4.74 Å². The molecule has 0 saturated heterocycles. The monoisotopic (exact) mass is 321 g/mol. The highest BCUT2D eigenvalue weighted by atomic mass is 35.5. The Kier molecular flexibility index (Phi) is 4.12. The predicted octanol–water partition coefficient (Wildman–Crippen LogP) is 4.04. The molecule has 0 aliphatic carbocycles. The van der Waals surface area contributed by atoms with Gasteiger partial charge in [0.2, 0.25) is 5.88 Å². The third kappa shape index (κ3) is 2.76. The van der Waals surface area contributed by atoms with Crippen LogP contribution in [-0.2, 0) is 12.3 Å². The van der Waals surface area contributed by atoms with Gasteiger partial charge in [-0.15, -0.1) is 22.9 Å². The van der Waals surface area contributed by atoms with Gasteiger partial charge < -0.3 is 9.30 Å². The van der Waals surface area contributed by atoms with Gasteiger partial charge in [0, 0.05) is 23.4 Å². The van der Waals surface area contributed by atoms with Gasteiger partial charge in [-0.2, -0.15) is 4.98 Å². The van der Waals surface area contributed by atoms with Crippen LogP contribution in [0.1, 0.15) is 23.7 Å². The van der Waals surface area contributed by atoms with E-state index in [0.29, 0.717) is 11.8 Å². The molecule has 1 atom stereocenters. The van der Waals surface area contributed by atoms with Gasteiger partial charge in [-0.3, -0.25) is 0 Å². The van der Waals surface area contributed by atoms with Crippen LogP contribution in [0.15, 0.2) is 29.6 Å². The quantitative estimate of drug-likeness (QED) is 0.666. The lowest BCUT2D eigenvalue weighted by Gasteiger charge is -2.15. The minimum atomic E-state index is 0.238. The van der Waals surface area contributed by atoms with Crippen molar-refractivity contribution in [1.29, 1.82) is 0 Å². The average molecular weight is 322 g/mol. The highest BCUT2D eigenvalue weighted by Gasteiger charge is 2.17. The van der Waals surface area contributed by atoms with E-state index in [0.717, 1.165) is 23.4 Å². The molecule has 3 heterocycles. The van der Waals surface area contributed by atoms with Gasteiger partial charge in [0.1, 0.15) is 11.3 Å². The second-order valence-electron chi connectivity index (χ2n) is 4.86. The van der Waals surface area contributed by atoms with Crippen molar-refractivity contribution in [2.75, 3.05) is 7.11 Å². The first kappa shape index (κ1) is 14.4. The summed E-state index contributed by atoms with van der Waals surface area (Å²) in [5.74, 6) is 1.80. The molecule has 0 aliphatic heterocycles. The van der Waals surface area contributed by atoms with Crippen LogP contribution in [0.5, 0.6) is 5.88 Å². The molecule has 3 rings (SSSR count). The van der Waals surface area contributed by atoms with Crippen molar-refractivity contribution >= 4 is 34.1 Å². The maximum Gasteiger partial charge on any atom is 0.215 e. The van der Waals surface area contributed by atoms with Crippen molar-refractivity contribution in [2.45, 2.75) is 25.3 Å². The minimum Gasteiger partial charge on any atom is -0.481 e. The minimum absolute atomic E-state index is 0.238. The summed E-state index contributed by atoms with van der Waals surface area (Å²) in [6, 6.07) is 8.20. The molecule has 21 heavy (non-hydrogen) atoms. The molecule has 0 spiro atoms. The van der Waals surface area contributed by atoms with E-state index in [-0.39, 0.29) is 6.04 Å². The number of nitrogens with zero attached hydrogens (tertiary/aromatic N) is 3. The Balaban J connectivity index is 2.05. The molecule has 6 heteroatoms. The summed E-state index contributed by atoms with van der Waals surface area (Å²) in [6.45, 7) is 2.16. The number of alkyl halides is 1. The number of halogens is 1. The Labute approximate surface area is 132 Å². The standard InChI is InChI=1S/C15H16ClN3OS/c1-10(8-11-4-3-7-21-11)19-13(9-16)17-12-5-6-14(20-2)18-15(12)19/h3-7,10H,8-9H2,1-2H3. The molecule has 0 bridgehead atoms. The molecule has 0 amide bonds. The van der Waals surface area contributed by atoms with Gasteiger partial charge in [0.25, 0.3) is 0 Å². The molecule has 1 unspecified atom stereocenters. The zero-order valence-corrected chi connectivity index (χ0v) is 13.5. The van der Waals surface area contributed by atoms with Crippen molar-refractivity contribution in [3.8, 4) is 5.88 Å². The zero-order chi connectivity index (χ0) is 14.8. The summed E-state index contributed by atoms with van der Waals surface area (Å²) in [5.41, 5.74) is 1.68. The normalized spacial score (nSPS) is 12.7. The third-order valence-corrected chi connectivity index (χ3v) is 4.57. The smallest absolute Gasteiger partial charge is 0.215 e. The summed E-state index contributed by atoms with van der Waals surface area (Å²) in [5, 5.41) is 2.10. The number of fused-ring (bicyclic) bond motifs is 1. The average Bonchev–Trinajstić information content (AvgIpc) is 3.12. The molecule has 0 saturated carbocycles. The molecular weight excluding hydrogens is 306 g/mol. The Morgan fingerprint density at radius 2 is 2.19 bits per heavy atom. The largest absolute Gasteiger partial charge is 0.481 e. The van der Waals surface area contributed by atoms with Gasteiger partial charge in [0.15, 0.2) is 5.65 Å². The van der Waals surface area contributed by atoms with Crippen LogP contribution in [0.4, 0.5) is 0 Å². The lowest BCUT2D eigenvalue weighted by molar-refractivity contribution is 0.398. The number of ether oxygens (including phenoxy) is 1. The van der Waals surface area contributed by atoms with E-state index in [1.165, 1.54) is 4.88 Å². The summed E-state index contributed by atoms with van der Waals surface area (Å²) < 4.78 is 7.34. The maximum absolute atomic E-state index is 6.06. The van der Waals surface area contributed by atoms with Crippen LogP contribution >= 0.6 is 22.9 Å². The number of hydrogen-bond acceptors (Lipinski definition) is 4. The van der Waals surface area contributed by atoms with Crippen molar-refractivity contribution in [1.82, 2.24) is 14.5 Å². The number of rotatable bonds is 5. The third-order valence-electron chi connectivity index (χ3n) is 3.43. The molecule has 0 radical (unpaired) electrons. The van der Waals surface area contributed by atoms with Crippen LogP contribution in [0.2, 0.25) is 0 Å². The van der Waals surface area contributed by atoms with E-state index in [1.807, 2.05) is 12.1 Å². The van der Waals surface area contributed by atoms with E-state index in [1.54, 1.807) is 18.4 Å². The molecule has 0 aliphatic rings. The fraction of sp³-hybridized carbons (Fsp3) is 0.333. The van der Waals surface area contributed by atoms with Crippen LogP contribution in [0.3, 0.4) is 0 Å². The Morgan fingerprint density at radius 3 is 2.86 bits per heavy atom. The van der Waals surface area contributed by atoms with Crippen molar-refractivity contribution in [3.05, 3.63) is 40.3 Å². The van der Waals surface area contributed by atoms with E-state index in [2.05, 4.69) is 39.0 Å². The highest BCUT2D eigenvalue weighted by Crippen LogP contribution is 2.26. The Hall–Kier alpha value is -1.59. The number of methoxy groups -OCH3 is 1. The number of aromatic nitrogens is 3. The lowest BCUT2D eigenvalue weighted by Crippen LogP contribution is -2.11. The van der Waals surface area contributed by atoms with Crippen LogP contribution in [-0.4, -0.2) is 21.6 Å². The topological polar surface area (TPSA) is 39.9 Å². The SMILES string of the molecule is COc1ccc2nc(CCl)n(C(C)Cc3cccs3)c2n1. The lowest BCUT2D eigenvalue weighted by atomic mass is 10.2. The molecule has 3 aromatic rings. The predicted molar refractivity (Wildman–Crippen MR) is 86.4 cm³/mol. The molecule has 110 valence electrons. The summed E-state index contributed by atoms with van der Waals surface area (Å²) in [4.78, 5) is 10.4. The summed E-state index contributed by atoms with van der Waals surface area (Å²) in [6.07, 6.45) is 0.936. The van der Waals surface area contributed by atoms with E-state index in [4.69, 9.17) is 16.3 Å². The number of imidazole rings is 1. The summed E-state index contributed by atoms with van der Waals surface area (Å²) >= 11 is 7.83. The summed E-state index contributed by atoms with van der Waals surface area (Å²) in [7, 11) is 1.62. The van der Waals surface area contributed by atoms with Gasteiger partial charge in [-0.1, -0.05) is 6.07 Å². The number of thiophene rings is 1.